The summed E-state index contributed by atoms with van der Waals surface area (Å²) in [6.07, 6.45) is -0.118. The number of alkyl halides is 4. The first-order chi connectivity index (χ1) is 28.3. The topological polar surface area (TPSA) is 182 Å². The first-order valence-corrected chi connectivity index (χ1v) is 22.1. The number of fused-ring (bicyclic) bond motifs is 5. The number of hydrogen-bond donors (Lipinski definition) is 3. The lowest BCUT2D eigenvalue weighted by Gasteiger charge is -2.48. The van der Waals surface area contributed by atoms with Gasteiger partial charge in [0.05, 0.1) is 23.9 Å². The van der Waals surface area contributed by atoms with Gasteiger partial charge in [-0.2, -0.15) is 13.2 Å². The SMILES string of the molecule is COc1ccc2nc(C(F)(F)F)c3c(c2c1)[C@](C)(F)C[C@]1(C[C@H]2C(=O)N[C@]4(C(=O)NS(=O)(=O)C5(C)CC5)CC[C@H]4/C=C\CCCCC[C@H](NC(=O)OC(C)(C)C)C(=O)N2C1)O3. The maximum Gasteiger partial charge on any atom is 0.437 e. The summed E-state index contributed by atoms with van der Waals surface area (Å²) >= 11 is 0. The zero-order valence-corrected chi connectivity index (χ0v) is 35.9. The molecule has 2 aliphatic carbocycles. The number of carbonyl (C=O) groups is 4. The molecule has 14 nitrogen and oxygen atoms in total. The molecule has 2 saturated carbocycles. The van der Waals surface area contributed by atoms with E-state index in [1.54, 1.807) is 26.8 Å². The molecule has 7 rings (SSSR count). The molecule has 1 aromatic heterocycles. The Kier molecular flexibility index (Phi) is 11.1. The van der Waals surface area contributed by atoms with Crippen LogP contribution in [0.2, 0.25) is 0 Å². The molecule has 4 amide bonds. The Hall–Kier alpha value is -4.68. The number of alkyl carbamates (subject to hydrolysis) is 1. The average molecular weight is 880 g/mol. The van der Waals surface area contributed by atoms with Crippen molar-refractivity contribution in [1.29, 1.82) is 0 Å². The Morgan fingerprint density at radius 1 is 1.05 bits per heavy atom. The van der Waals surface area contributed by atoms with Gasteiger partial charge in [-0.05, 0) is 97.8 Å². The predicted molar refractivity (Wildman–Crippen MR) is 214 cm³/mol. The maximum atomic E-state index is 17.5. The molecule has 1 spiro atoms. The summed E-state index contributed by atoms with van der Waals surface area (Å²) in [6.45, 7) is 6.91. The molecule has 3 fully saturated rings. The Labute approximate surface area is 351 Å². The van der Waals surface area contributed by atoms with E-state index in [9.17, 15) is 40.8 Å². The van der Waals surface area contributed by atoms with Gasteiger partial charge in [0.15, 0.2) is 11.4 Å². The van der Waals surface area contributed by atoms with Crippen LogP contribution in [0.5, 0.6) is 11.5 Å². The number of ether oxygens (including phenoxy) is 3. The van der Waals surface area contributed by atoms with Crippen molar-refractivity contribution in [3.63, 3.8) is 0 Å². The third kappa shape index (κ3) is 8.46. The van der Waals surface area contributed by atoms with Gasteiger partial charge >= 0.3 is 12.3 Å². The molecule has 5 aliphatic rings. The number of rotatable bonds is 5. The van der Waals surface area contributed by atoms with Crippen LogP contribution in [-0.2, 0) is 41.0 Å². The van der Waals surface area contributed by atoms with E-state index in [1.165, 1.54) is 32.2 Å². The summed E-state index contributed by atoms with van der Waals surface area (Å²) in [7, 11) is -2.82. The molecule has 3 aliphatic heterocycles. The van der Waals surface area contributed by atoms with Gasteiger partial charge in [0, 0.05) is 29.7 Å². The second-order valence-electron chi connectivity index (χ2n) is 18.6. The van der Waals surface area contributed by atoms with Crippen molar-refractivity contribution in [1.82, 2.24) is 25.2 Å². The van der Waals surface area contributed by atoms with Crippen LogP contribution in [0, 0.1) is 5.92 Å². The molecule has 1 saturated heterocycles. The van der Waals surface area contributed by atoms with E-state index < -0.39 is 122 Å². The van der Waals surface area contributed by atoms with Gasteiger partial charge in [0.1, 0.15) is 40.2 Å². The van der Waals surface area contributed by atoms with E-state index in [4.69, 9.17) is 14.2 Å². The van der Waals surface area contributed by atoms with Gasteiger partial charge in [-0.3, -0.25) is 19.1 Å². The minimum Gasteiger partial charge on any atom is -0.497 e. The number of amides is 4. The molecule has 6 atom stereocenters. The normalized spacial score (nSPS) is 30.9. The average Bonchev–Trinajstić information content (AvgIpc) is 3.81. The Bertz CT molecular complexity index is 2280. The number of benzene rings is 1. The van der Waals surface area contributed by atoms with Crippen molar-refractivity contribution in [2.45, 2.75) is 151 Å². The van der Waals surface area contributed by atoms with E-state index >= 15 is 4.39 Å². The van der Waals surface area contributed by atoms with E-state index in [0.717, 1.165) is 11.8 Å². The first kappa shape index (κ1) is 44.4. The second-order valence-corrected chi connectivity index (χ2v) is 20.8. The number of aromatic nitrogens is 1. The summed E-state index contributed by atoms with van der Waals surface area (Å²) in [5, 5.41) is 5.40. The van der Waals surface area contributed by atoms with Gasteiger partial charge in [-0.15, -0.1) is 0 Å². The van der Waals surface area contributed by atoms with Crippen molar-refractivity contribution in [3.05, 3.63) is 41.6 Å². The number of methoxy groups -OCH3 is 1. The van der Waals surface area contributed by atoms with E-state index in [2.05, 4.69) is 20.3 Å². The fraction of sp³-hybridized carbons (Fsp3) is 0.643. The number of allylic oxidation sites excluding steroid dienone is 1. The lowest BCUT2D eigenvalue weighted by Crippen LogP contribution is -2.70. The number of sulfonamides is 1. The zero-order chi connectivity index (χ0) is 44.6. The van der Waals surface area contributed by atoms with Crippen LogP contribution in [0.3, 0.4) is 0 Å². The quantitative estimate of drug-likeness (QED) is 0.230. The van der Waals surface area contributed by atoms with Crippen molar-refractivity contribution in [2.24, 2.45) is 5.92 Å². The zero-order valence-electron chi connectivity index (χ0n) is 35.1. The van der Waals surface area contributed by atoms with Crippen LogP contribution >= 0.6 is 0 Å². The molecular formula is C42H53F4N5O9S. The fourth-order valence-electron chi connectivity index (χ4n) is 9.12. The van der Waals surface area contributed by atoms with Crippen molar-refractivity contribution in [3.8, 4) is 11.5 Å². The van der Waals surface area contributed by atoms with Gasteiger partial charge in [0.25, 0.3) is 5.91 Å². The third-order valence-corrected chi connectivity index (χ3v) is 14.8. The number of hydrogen-bond acceptors (Lipinski definition) is 10. The van der Waals surface area contributed by atoms with Gasteiger partial charge in [0.2, 0.25) is 21.8 Å². The van der Waals surface area contributed by atoms with Crippen molar-refractivity contribution in [2.75, 3.05) is 13.7 Å². The molecule has 61 heavy (non-hydrogen) atoms. The van der Waals surface area contributed by atoms with Crippen LogP contribution in [0.1, 0.15) is 117 Å². The molecule has 1 aromatic carbocycles. The summed E-state index contributed by atoms with van der Waals surface area (Å²) in [5.74, 6) is -4.03. The van der Waals surface area contributed by atoms with E-state index in [1.807, 2.05) is 6.08 Å². The third-order valence-electron chi connectivity index (χ3n) is 12.7. The monoisotopic (exact) mass is 879 g/mol. The minimum atomic E-state index is -5.13. The highest BCUT2D eigenvalue weighted by atomic mass is 32.2. The number of pyridine rings is 1. The van der Waals surface area contributed by atoms with Crippen molar-refractivity contribution < 1.29 is 59.4 Å². The van der Waals surface area contributed by atoms with Crippen molar-refractivity contribution >= 4 is 44.7 Å². The number of nitrogens with one attached hydrogen (secondary N) is 3. The van der Waals surface area contributed by atoms with Crippen LogP contribution in [0.25, 0.3) is 10.9 Å². The molecule has 19 heteroatoms. The highest BCUT2D eigenvalue weighted by Crippen LogP contribution is 2.56. The van der Waals surface area contributed by atoms with Crippen LogP contribution < -0.4 is 24.8 Å². The summed E-state index contributed by atoms with van der Waals surface area (Å²) in [4.78, 5) is 62.0. The maximum absolute atomic E-state index is 17.5. The number of carbonyl (C=O) groups excluding carboxylic acids is 4. The van der Waals surface area contributed by atoms with E-state index in [0.29, 0.717) is 44.9 Å². The smallest absolute Gasteiger partial charge is 0.437 e. The summed E-state index contributed by atoms with van der Waals surface area (Å²) in [6, 6.07) is 1.15. The number of nitrogens with zero attached hydrogens (tertiary/aromatic N) is 2. The highest BCUT2D eigenvalue weighted by Gasteiger charge is 2.62. The lowest BCUT2D eigenvalue weighted by atomic mass is 9.65. The number of halogens is 4. The first-order valence-electron chi connectivity index (χ1n) is 20.7. The molecule has 3 N–H and O–H groups in total. The standard InChI is InChI=1S/C42H53F4N5O9S/c1-37(2,3)60-36(55)48-28-13-11-9-7-8-10-12-24-16-17-41(24,35(54)50-61(56,57)38(4)18-19-38)49-33(52)29-21-40(23-51(29)34(28)53)22-39(5,43)30-26-20-25(58-6)14-15-27(26)47-32(31(30)59-40)42(44,45)46/h10,12,14-15,20,24,28-29H,7-9,11,13,16-19,21-23H2,1-6H3,(H,48,55)(H,49,52)(H,50,54)/b12-10-/t24-,28+,29+,39-,40+,41-/m1/s1. The molecule has 0 unspecified atom stereocenters. The minimum absolute atomic E-state index is 0.0116. The van der Waals surface area contributed by atoms with Crippen LogP contribution in [-0.4, -0.2) is 89.3 Å². The van der Waals surface area contributed by atoms with Gasteiger partial charge < -0.3 is 29.7 Å². The summed E-state index contributed by atoms with van der Waals surface area (Å²) in [5.41, 5.74) is -9.36. The Morgan fingerprint density at radius 2 is 1.77 bits per heavy atom. The largest absolute Gasteiger partial charge is 0.497 e. The van der Waals surface area contributed by atoms with Crippen LogP contribution in [0.4, 0.5) is 22.4 Å². The molecule has 2 aromatic rings. The molecular weight excluding hydrogens is 827 g/mol. The van der Waals surface area contributed by atoms with Crippen LogP contribution in [0.15, 0.2) is 30.4 Å². The molecule has 0 bridgehead atoms. The van der Waals surface area contributed by atoms with E-state index in [-0.39, 0.29) is 29.5 Å². The predicted octanol–water partition coefficient (Wildman–Crippen LogP) is 6.25. The summed E-state index contributed by atoms with van der Waals surface area (Å²) < 4.78 is 107. The molecule has 334 valence electrons. The molecule has 4 heterocycles. The second kappa shape index (κ2) is 15.3. The molecule has 0 radical (unpaired) electrons. The fourth-order valence-corrected chi connectivity index (χ4v) is 10.4. The lowest BCUT2D eigenvalue weighted by molar-refractivity contribution is -0.146. The Morgan fingerprint density at radius 3 is 2.39 bits per heavy atom. The highest BCUT2D eigenvalue weighted by molar-refractivity contribution is 7.91. The van der Waals surface area contributed by atoms with Gasteiger partial charge in [-0.1, -0.05) is 25.0 Å². The van der Waals surface area contributed by atoms with Gasteiger partial charge in [-0.25, -0.2) is 22.6 Å². The Balaban J connectivity index is 1.33.